The minimum absolute atomic E-state index is 0.0552. The van der Waals surface area contributed by atoms with Gasteiger partial charge in [-0.1, -0.05) is 18.2 Å². The van der Waals surface area contributed by atoms with E-state index in [1.54, 1.807) is 47.5 Å². The number of fused-ring (bicyclic) bond motifs is 1. The molecule has 1 aromatic rings. The molecule has 1 atom stereocenters. The number of imide groups is 1. The Kier molecular flexibility index (Phi) is 3.83. The minimum atomic E-state index is -0.495. The van der Waals surface area contributed by atoms with Crippen LogP contribution in [-0.2, 0) is 4.79 Å². The molecule has 1 unspecified atom stereocenters. The number of allylic oxidation sites excluding steroid dienone is 3. The first-order valence-electron chi connectivity index (χ1n) is 8.38. The third kappa shape index (κ3) is 2.71. The SMILES string of the molecule is O=C(c1ccc[nH]1)N1CCC(N2C(=O)N=C3C=CC=CC3C2=O)CC1. The van der Waals surface area contributed by atoms with Crippen molar-refractivity contribution < 1.29 is 14.4 Å². The first kappa shape index (κ1) is 15.6. The summed E-state index contributed by atoms with van der Waals surface area (Å²) in [6.45, 7) is 1.02. The minimum Gasteiger partial charge on any atom is -0.357 e. The molecule has 0 saturated carbocycles. The maximum absolute atomic E-state index is 12.7. The van der Waals surface area contributed by atoms with Crippen molar-refractivity contribution in [3.05, 3.63) is 48.3 Å². The number of carbonyl (C=O) groups excluding carboxylic acids is 3. The molecule has 4 amide bonds. The molecular formula is C18H18N4O3. The molecule has 1 N–H and O–H groups in total. The Morgan fingerprint density at radius 3 is 2.72 bits per heavy atom. The number of aromatic nitrogens is 1. The monoisotopic (exact) mass is 338 g/mol. The van der Waals surface area contributed by atoms with Crippen LogP contribution in [0.3, 0.4) is 0 Å². The molecule has 7 heteroatoms. The number of aromatic amines is 1. The summed E-state index contributed by atoms with van der Waals surface area (Å²) < 4.78 is 0. The molecule has 0 bridgehead atoms. The zero-order chi connectivity index (χ0) is 17.4. The zero-order valence-corrected chi connectivity index (χ0v) is 13.6. The van der Waals surface area contributed by atoms with E-state index < -0.39 is 11.9 Å². The summed E-state index contributed by atoms with van der Waals surface area (Å²) in [7, 11) is 0. The van der Waals surface area contributed by atoms with Gasteiger partial charge in [-0.3, -0.25) is 14.5 Å². The smallest absolute Gasteiger partial charge is 0.350 e. The van der Waals surface area contributed by atoms with E-state index in [0.717, 1.165) is 0 Å². The van der Waals surface area contributed by atoms with E-state index in [1.807, 2.05) is 0 Å². The molecule has 1 saturated heterocycles. The summed E-state index contributed by atoms with van der Waals surface area (Å²) >= 11 is 0. The van der Waals surface area contributed by atoms with Crippen molar-refractivity contribution >= 4 is 23.6 Å². The number of likely N-dealkylation sites (tertiary alicyclic amines) is 1. The summed E-state index contributed by atoms with van der Waals surface area (Å²) in [5.41, 5.74) is 1.06. The molecule has 2 aliphatic heterocycles. The second kappa shape index (κ2) is 6.16. The fraction of sp³-hybridized carbons (Fsp3) is 0.333. The van der Waals surface area contributed by atoms with Crippen molar-refractivity contribution in [1.82, 2.24) is 14.8 Å². The molecule has 0 aromatic carbocycles. The largest absolute Gasteiger partial charge is 0.357 e. The normalized spacial score (nSPS) is 23.7. The Morgan fingerprint density at radius 2 is 2.00 bits per heavy atom. The van der Waals surface area contributed by atoms with Crippen molar-refractivity contribution in [2.75, 3.05) is 13.1 Å². The van der Waals surface area contributed by atoms with Gasteiger partial charge in [0.25, 0.3) is 5.91 Å². The highest BCUT2D eigenvalue weighted by atomic mass is 16.2. The summed E-state index contributed by atoms with van der Waals surface area (Å²) in [4.78, 5) is 47.4. The molecule has 7 nitrogen and oxygen atoms in total. The maximum atomic E-state index is 12.7. The first-order valence-corrected chi connectivity index (χ1v) is 8.38. The summed E-state index contributed by atoms with van der Waals surface area (Å²) in [6, 6.07) is 2.82. The number of amides is 4. The number of aliphatic imine (C=N–C) groups is 1. The lowest BCUT2D eigenvalue weighted by molar-refractivity contribution is -0.131. The number of hydrogen-bond donors (Lipinski definition) is 1. The quantitative estimate of drug-likeness (QED) is 0.891. The predicted molar refractivity (Wildman–Crippen MR) is 91.2 cm³/mol. The van der Waals surface area contributed by atoms with Gasteiger partial charge in [0.2, 0.25) is 5.91 Å². The number of H-pyrrole nitrogens is 1. The van der Waals surface area contributed by atoms with Crippen molar-refractivity contribution in [3.8, 4) is 0 Å². The number of urea groups is 1. The highest BCUT2D eigenvalue weighted by Gasteiger charge is 2.41. The van der Waals surface area contributed by atoms with Gasteiger partial charge in [0.15, 0.2) is 0 Å². The van der Waals surface area contributed by atoms with E-state index in [0.29, 0.717) is 37.3 Å². The highest BCUT2D eigenvalue weighted by Crippen LogP contribution is 2.26. The van der Waals surface area contributed by atoms with Gasteiger partial charge in [0.05, 0.1) is 11.6 Å². The third-order valence-corrected chi connectivity index (χ3v) is 4.88. The molecule has 1 fully saturated rings. The van der Waals surface area contributed by atoms with Crippen molar-refractivity contribution in [1.29, 1.82) is 0 Å². The number of nitrogens with one attached hydrogen (secondary N) is 1. The lowest BCUT2D eigenvalue weighted by atomic mass is 9.93. The number of carbonyl (C=O) groups is 3. The van der Waals surface area contributed by atoms with Gasteiger partial charge in [-0.15, -0.1) is 0 Å². The van der Waals surface area contributed by atoms with Crippen LogP contribution in [0.2, 0.25) is 0 Å². The Balaban J connectivity index is 1.46. The summed E-state index contributed by atoms with van der Waals surface area (Å²) in [5.74, 6) is -0.744. The van der Waals surface area contributed by atoms with Crippen LogP contribution in [0.5, 0.6) is 0 Å². The van der Waals surface area contributed by atoms with E-state index in [9.17, 15) is 14.4 Å². The number of piperidine rings is 1. The van der Waals surface area contributed by atoms with Gasteiger partial charge in [-0.2, -0.15) is 4.99 Å². The Morgan fingerprint density at radius 1 is 1.20 bits per heavy atom. The fourth-order valence-corrected chi connectivity index (χ4v) is 3.55. The molecule has 0 spiro atoms. The molecule has 25 heavy (non-hydrogen) atoms. The van der Waals surface area contributed by atoms with Crippen LogP contribution in [0.4, 0.5) is 4.79 Å². The molecular weight excluding hydrogens is 320 g/mol. The molecule has 128 valence electrons. The van der Waals surface area contributed by atoms with E-state index in [4.69, 9.17) is 0 Å². The molecule has 1 aliphatic carbocycles. The van der Waals surface area contributed by atoms with E-state index in [2.05, 4.69) is 9.98 Å². The topological polar surface area (TPSA) is 85.8 Å². The van der Waals surface area contributed by atoms with E-state index in [-0.39, 0.29) is 17.9 Å². The van der Waals surface area contributed by atoms with Crippen LogP contribution in [0.25, 0.3) is 0 Å². The Labute approximate surface area is 144 Å². The Hall–Kier alpha value is -2.96. The molecule has 1 aromatic heterocycles. The van der Waals surface area contributed by atoms with Crippen molar-refractivity contribution in [2.45, 2.75) is 18.9 Å². The van der Waals surface area contributed by atoms with Crippen molar-refractivity contribution in [3.63, 3.8) is 0 Å². The second-order valence-corrected chi connectivity index (χ2v) is 6.36. The van der Waals surface area contributed by atoms with Crippen LogP contribution < -0.4 is 0 Å². The number of rotatable bonds is 2. The average molecular weight is 338 g/mol. The molecule has 4 rings (SSSR count). The van der Waals surface area contributed by atoms with Gasteiger partial charge in [0.1, 0.15) is 5.69 Å². The maximum Gasteiger partial charge on any atom is 0.350 e. The van der Waals surface area contributed by atoms with E-state index >= 15 is 0 Å². The van der Waals surface area contributed by atoms with Crippen molar-refractivity contribution in [2.24, 2.45) is 10.9 Å². The first-order chi connectivity index (χ1) is 12.1. The van der Waals surface area contributed by atoms with Crippen LogP contribution in [0.1, 0.15) is 23.3 Å². The van der Waals surface area contributed by atoms with Crippen LogP contribution in [-0.4, -0.2) is 57.5 Å². The summed E-state index contributed by atoms with van der Waals surface area (Å²) in [5, 5.41) is 0. The lowest BCUT2D eigenvalue weighted by Crippen LogP contribution is -2.54. The molecule has 3 aliphatic rings. The van der Waals surface area contributed by atoms with Gasteiger partial charge in [-0.05, 0) is 31.1 Å². The fourth-order valence-electron chi connectivity index (χ4n) is 3.55. The van der Waals surface area contributed by atoms with Crippen LogP contribution >= 0.6 is 0 Å². The predicted octanol–water partition coefficient (Wildman–Crippen LogP) is 1.76. The van der Waals surface area contributed by atoms with Gasteiger partial charge in [0, 0.05) is 25.3 Å². The van der Waals surface area contributed by atoms with Crippen LogP contribution in [0.15, 0.2) is 47.6 Å². The van der Waals surface area contributed by atoms with Gasteiger partial charge >= 0.3 is 6.03 Å². The Bertz CT molecular complexity index is 798. The average Bonchev–Trinajstić information content (AvgIpc) is 3.16. The molecule has 0 radical (unpaired) electrons. The lowest BCUT2D eigenvalue weighted by Gasteiger charge is -2.39. The number of nitrogens with zero attached hydrogens (tertiary/aromatic N) is 3. The van der Waals surface area contributed by atoms with Gasteiger partial charge < -0.3 is 9.88 Å². The van der Waals surface area contributed by atoms with E-state index in [1.165, 1.54) is 4.90 Å². The van der Waals surface area contributed by atoms with Gasteiger partial charge in [-0.25, -0.2) is 4.79 Å². The molecule has 3 heterocycles. The zero-order valence-electron chi connectivity index (χ0n) is 13.6. The van der Waals surface area contributed by atoms with Crippen LogP contribution in [0, 0.1) is 5.92 Å². The second-order valence-electron chi connectivity index (χ2n) is 6.36. The summed E-state index contributed by atoms with van der Waals surface area (Å²) in [6.07, 6.45) is 9.90. The third-order valence-electron chi connectivity index (χ3n) is 4.88. The number of hydrogen-bond acceptors (Lipinski definition) is 3. The highest BCUT2D eigenvalue weighted by molar-refractivity contribution is 6.21. The standard InChI is InChI=1S/C18H18N4O3/c23-16-13-4-1-2-5-14(13)20-18(25)22(16)12-7-10-21(11-8-12)17(24)15-6-3-9-19-15/h1-6,9,12-13,19H,7-8,10-11H2.